The van der Waals surface area contributed by atoms with Gasteiger partial charge in [0.1, 0.15) is 5.75 Å². The molecule has 1 fully saturated rings. The third kappa shape index (κ3) is 4.23. The first-order valence-electron chi connectivity index (χ1n) is 8.28. The second kappa shape index (κ2) is 8.18. The van der Waals surface area contributed by atoms with E-state index in [0.717, 1.165) is 31.6 Å². The molecule has 4 heteroatoms. The van der Waals surface area contributed by atoms with Gasteiger partial charge in [-0.15, -0.1) is 0 Å². The fourth-order valence-corrected chi connectivity index (χ4v) is 3.30. The molecule has 0 aromatic heterocycles. The standard InChI is InChI=1S/C18H28N2O2/c1-14-5-4-12-20(17(14)13-19)18(21)7-3-6-15-8-10-16(22-2)11-9-15/h8-11,14,17H,3-7,12-13,19H2,1-2H3/t14-,17+/m1/s1. The summed E-state index contributed by atoms with van der Waals surface area (Å²) in [5.41, 5.74) is 7.11. The second-order valence-electron chi connectivity index (χ2n) is 6.21. The topological polar surface area (TPSA) is 55.6 Å². The van der Waals surface area contributed by atoms with Crippen molar-refractivity contribution in [1.29, 1.82) is 0 Å². The molecule has 4 nitrogen and oxygen atoms in total. The third-order valence-electron chi connectivity index (χ3n) is 4.69. The fourth-order valence-electron chi connectivity index (χ4n) is 3.30. The number of hydrogen-bond acceptors (Lipinski definition) is 3. The zero-order valence-corrected chi connectivity index (χ0v) is 13.8. The van der Waals surface area contributed by atoms with Gasteiger partial charge in [0.25, 0.3) is 0 Å². The molecular formula is C18H28N2O2. The molecule has 0 unspecified atom stereocenters. The van der Waals surface area contributed by atoms with Gasteiger partial charge in [0, 0.05) is 25.6 Å². The highest BCUT2D eigenvalue weighted by molar-refractivity contribution is 5.76. The van der Waals surface area contributed by atoms with E-state index >= 15 is 0 Å². The van der Waals surface area contributed by atoms with Gasteiger partial charge in [-0.2, -0.15) is 0 Å². The van der Waals surface area contributed by atoms with Gasteiger partial charge < -0.3 is 15.4 Å². The molecular weight excluding hydrogens is 276 g/mol. The van der Waals surface area contributed by atoms with E-state index in [2.05, 4.69) is 19.1 Å². The Morgan fingerprint density at radius 2 is 2.09 bits per heavy atom. The van der Waals surface area contributed by atoms with E-state index in [1.807, 2.05) is 17.0 Å². The van der Waals surface area contributed by atoms with E-state index in [1.54, 1.807) is 7.11 Å². The molecule has 1 heterocycles. The Hall–Kier alpha value is -1.55. The highest BCUT2D eigenvalue weighted by Gasteiger charge is 2.30. The molecule has 22 heavy (non-hydrogen) atoms. The monoisotopic (exact) mass is 304 g/mol. The number of methoxy groups -OCH3 is 1. The Kier molecular flexibility index (Phi) is 6.25. The van der Waals surface area contributed by atoms with Gasteiger partial charge in [0.2, 0.25) is 5.91 Å². The summed E-state index contributed by atoms with van der Waals surface area (Å²) in [6.45, 7) is 3.65. The average molecular weight is 304 g/mol. The molecule has 1 saturated heterocycles. The normalized spacial score (nSPS) is 21.7. The zero-order valence-electron chi connectivity index (χ0n) is 13.8. The summed E-state index contributed by atoms with van der Waals surface area (Å²) in [6.07, 6.45) is 4.69. The number of carbonyl (C=O) groups excluding carboxylic acids is 1. The summed E-state index contributed by atoms with van der Waals surface area (Å²) < 4.78 is 5.15. The van der Waals surface area contributed by atoms with Gasteiger partial charge in [-0.25, -0.2) is 0 Å². The Labute approximate surface area is 133 Å². The SMILES string of the molecule is COc1ccc(CCCC(=O)N2CCC[C@@H](C)[C@@H]2CN)cc1. The molecule has 1 aromatic carbocycles. The predicted octanol–water partition coefficient (Wildman–Crippen LogP) is 2.60. The first-order chi connectivity index (χ1) is 10.7. The van der Waals surface area contributed by atoms with Crippen LogP contribution in [0, 0.1) is 5.92 Å². The lowest BCUT2D eigenvalue weighted by atomic mass is 9.90. The van der Waals surface area contributed by atoms with Crippen LogP contribution in [-0.4, -0.2) is 37.0 Å². The molecule has 0 bridgehead atoms. The van der Waals surface area contributed by atoms with E-state index < -0.39 is 0 Å². The van der Waals surface area contributed by atoms with Crippen molar-refractivity contribution < 1.29 is 9.53 Å². The lowest BCUT2D eigenvalue weighted by Gasteiger charge is -2.39. The van der Waals surface area contributed by atoms with E-state index in [4.69, 9.17) is 10.5 Å². The maximum Gasteiger partial charge on any atom is 0.222 e. The second-order valence-corrected chi connectivity index (χ2v) is 6.21. The molecule has 0 aliphatic carbocycles. The minimum Gasteiger partial charge on any atom is -0.497 e. The number of piperidine rings is 1. The molecule has 2 atom stereocenters. The van der Waals surface area contributed by atoms with Crippen LogP contribution in [0.25, 0.3) is 0 Å². The molecule has 1 aliphatic heterocycles. The Morgan fingerprint density at radius 1 is 1.36 bits per heavy atom. The van der Waals surface area contributed by atoms with E-state index in [0.29, 0.717) is 18.9 Å². The van der Waals surface area contributed by atoms with Crippen LogP contribution in [0.1, 0.15) is 38.2 Å². The van der Waals surface area contributed by atoms with Crippen LogP contribution in [0.5, 0.6) is 5.75 Å². The molecule has 0 radical (unpaired) electrons. The number of likely N-dealkylation sites (tertiary alicyclic amines) is 1. The van der Waals surface area contributed by atoms with Crippen molar-refractivity contribution in [1.82, 2.24) is 4.90 Å². The first-order valence-corrected chi connectivity index (χ1v) is 8.28. The molecule has 0 spiro atoms. The Bertz CT molecular complexity index is 472. The number of hydrogen-bond donors (Lipinski definition) is 1. The number of ether oxygens (including phenoxy) is 1. The minimum absolute atomic E-state index is 0.224. The van der Waals surface area contributed by atoms with Gasteiger partial charge in [0.05, 0.1) is 7.11 Å². The van der Waals surface area contributed by atoms with Crippen molar-refractivity contribution in [2.24, 2.45) is 11.7 Å². The van der Waals surface area contributed by atoms with Gasteiger partial charge in [-0.3, -0.25) is 4.79 Å². The van der Waals surface area contributed by atoms with Crippen LogP contribution in [0.3, 0.4) is 0 Å². The van der Waals surface area contributed by atoms with Gasteiger partial charge in [-0.05, 0) is 49.3 Å². The van der Waals surface area contributed by atoms with Crippen molar-refractivity contribution in [3.63, 3.8) is 0 Å². The van der Waals surface area contributed by atoms with Gasteiger partial charge in [-0.1, -0.05) is 19.1 Å². The number of nitrogens with zero attached hydrogens (tertiary/aromatic N) is 1. The predicted molar refractivity (Wildman–Crippen MR) is 88.9 cm³/mol. The number of nitrogens with two attached hydrogens (primary N) is 1. The Balaban J connectivity index is 1.81. The van der Waals surface area contributed by atoms with Crippen molar-refractivity contribution >= 4 is 5.91 Å². The fraction of sp³-hybridized carbons (Fsp3) is 0.611. The molecule has 122 valence electrons. The van der Waals surface area contributed by atoms with Gasteiger partial charge in [0.15, 0.2) is 0 Å². The van der Waals surface area contributed by atoms with E-state index in [1.165, 1.54) is 12.0 Å². The number of aryl methyl sites for hydroxylation is 1. The number of amides is 1. The maximum atomic E-state index is 12.5. The number of benzene rings is 1. The quantitative estimate of drug-likeness (QED) is 0.879. The van der Waals surface area contributed by atoms with E-state index in [9.17, 15) is 4.79 Å². The number of carbonyl (C=O) groups is 1. The highest BCUT2D eigenvalue weighted by Crippen LogP contribution is 2.23. The van der Waals surface area contributed by atoms with Crippen LogP contribution in [-0.2, 0) is 11.2 Å². The lowest BCUT2D eigenvalue weighted by molar-refractivity contribution is -0.136. The van der Waals surface area contributed by atoms with Crippen LogP contribution >= 0.6 is 0 Å². The summed E-state index contributed by atoms with van der Waals surface area (Å²) in [5, 5.41) is 0. The van der Waals surface area contributed by atoms with Crippen LogP contribution in [0.4, 0.5) is 0 Å². The van der Waals surface area contributed by atoms with Crippen molar-refractivity contribution in [3.05, 3.63) is 29.8 Å². The smallest absolute Gasteiger partial charge is 0.222 e. The van der Waals surface area contributed by atoms with Crippen LogP contribution < -0.4 is 10.5 Å². The third-order valence-corrected chi connectivity index (χ3v) is 4.69. The largest absolute Gasteiger partial charge is 0.497 e. The summed E-state index contributed by atoms with van der Waals surface area (Å²) in [4.78, 5) is 14.5. The van der Waals surface area contributed by atoms with Crippen LogP contribution in [0.15, 0.2) is 24.3 Å². The van der Waals surface area contributed by atoms with Crippen molar-refractivity contribution in [2.45, 2.75) is 45.1 Å². The van der Waals surface area contributed by atoms with Gasteiger partial charge >= 0.3 is 0 Å². The van der Waals surface area contributed by atoms with Crippen LogP contribution in [0.2, 0.25) is 0 Å². The molecule has 1 aliphatic rings. The van der Waals surface area contributed by atoms with E-state index in [-0.39, 0.29) is 11.9 Å². The van der Waals surface area contributed by atoms with Crippen molar-refractivity contribution in [2.75, 3.05) is 20.2 Å². The molecule has 2 rings (SSSR count). The highest BCUT2D eigenvalue weighted by atomic mass is 16.5. The minimum atomic E-state index is 0.224. The summed E-state index contributed by atoms with van der Waals surface area (Å²) in [5.74, 6) is 1.65. The Morgan fingerprint density at radius 3 is 2.73 bits per heavy atom. The molecule has 1 aromatic rings. The summed E-state index contributed by atoms with van der Waals surface area (Å²) in [7, 11) is 1.67. The van der Waals surface area contributed by atoms with Crippen molar-refractivity contribution in [3.8, 4) is 5.75 Å². The molecule has 2 N–H and O–H groups in total. The maximum absolute atomic E-state index is 12.5. The molecule has 1 amide bonds. The first kappa shape index (κ1) is 16.8. The summed E-state index contributed by atoms with van der Waals surface area (Å²) in [6, 6.07) is 8.29. The number of rotatable bonds is 6. The molecule has 0 saturated carbocycles. The zero-order chi connectivity index (χ0) is 15.9. The lowest BCUT2D eigenvalue weighted by Crippen LogP contribution is -2.51. The summed E-state index contributed by atoms with van der Waals surface area (Å²) >= 11 is 0. The average Bonchev–Trinajstić information content (AvgIpc) is 2.55.